The van der Waals surface area contributed by atoms with Crippen molar-refractivity contribution >= 4 is 11.9 Å². The Kier molecular flexibility index (Phi) is 10.4. The van der Waals surface area contributed by atoms with Gasteiger partial charge in [-0.3, -0.25) is 9.59 Å². The molecule has 2 rings (SSSR count). The van der Waals surface area contributed by atoms with Crippen LogP contribution < -0.4 is 4.74 Å². The Morgan fingerprint density at radius 2 is 1.27 bits per heavy atom. The highest BCUT2D eigenvalue weighted by Gasteiger charge is 2.32. The van der Waals surface area contributed by atoms with E-state index in [0.29, 0.717) is 47.3 Å². The Bertz CT molecular complexity index is 888. The summed E-state index contributed by atoms with van der Waals surface area (Å²) in [4.78, 5) is 24.7. The fourth-order valence-corrected chi connectivity index (χ4v) is 4.21. The predicted molar refractivity (Wildman–Crippen MR) is 131 cm³/mol. The summed E-state index contributed by atoms with van der Waals surface area (Å²) in [5, 5.41) is 20.3. The molecule has 0 aliphatic rings. The van der Waals surface area contributed by atoms with E-state index in [0.717, 1.165) is 25.7 Å². The van der Waals surface area contributed by atoms with Gasteiger partial charge in [0.1, 0.15) is 11.5 Å². The number of para-hydroxylation sites is 1. The van der Waals surface area contributed by atoms with Crippen LogP contribution in [0.2, 0.25) is 0 Å². The van der Waals surface area contributed by atoms with E-state index in [4.69, 9.17) is 4.74 Å². The molecule has 2 unspecified atom stereocenters. The first kappa shape index (κ1) is 26.4. The van der Waals surface area contributed by atoms with Crippen molar-refractivity contribution in [2.24, 2.45) is 11.8 Å². The van der Waals surface area contributed by atoms with E-state index in [-0.39, 0.29) is 0 Å². The molecule has 0 aromatic heterocycles. The van der Waals surface area contributed by atoms with Gasteiger partial charge in [0.25, 0.3) is 0 Å². The number of carbonyl (C=O) groups is 2. The molecule has 0 aliphatic heterocycles. The largest absolute Gasteiger partial charge is 0.481 e. The Hall–Kier alpha value is -2.82. The van der Waals surface area contributed by atoms with Gasteiger partial charge in [0.05, 0.1) is 11.8 Å². The maximum Gasteiger partial charge on any atom is 0.311 e. The van der Waals surface area contributed by atoms with Gasteiger partial charge in [0.2, 0.25) is 0 Å². The van der Waals surface area contributed by atoms with E-state index < -0.39 is 23.8 Å². The highest BCUT2D eigenvalue weighted by atomic mass is 16.5. The fourth-order valence-electron chi connectivity index (χ4n) is 4.21. The van der Waals surface area contributed by atoms with Crippen molar-refractivity contribution in [2.75, 3.05) is 0 Å². The summed E-state index contributed by atoms with van der Waals surface area (Å²) in [5.41, 5.74) is 1.05. The number of carboxylic acids is 2. The zero-order valence-corrected chi connectivity index (χ0v) is 20.3. The van der Waals surface area contributed by atoms with Gasteiger partial charge in [-0.25, -0.2) is 0 Å². The Morgan fingerprint density at radius 1 is 0.727 bits per heavy atom. The molecule has 33 heavy (non-hydrogen) atoms. The molecule has 0 amide bonds. The van der Waals surface area contributed by atoms with Crippen LogP contribution in [0.15, 0.2) is 48.5 Å². The fraction of sp³-hybridized carbons (Fsp3) is 0.500. The first-order valence-corrected chi connectivity index (χ1v) is 12.0. The minimum atomic E-state index is -0.949. The van der Waals surface area contributed by atoms with E-state index in [1.165, 1.54) is 0 Å². The SMILES string of the molecule is CC(C)CCCC(C(=O)O)c1cccc(Oc2ccccc2)c1C(CCCC(C)C)C(=O)O. The third kappa shape index (κ3) is 8.23. The molecule has 180 valence electrons. The Labute approximate surface area is 197 Å². The van der Waals surface area contributed by atoms with Crippen LogP contribution in [-0.2, 0) is 9.59 Å². The minimum absolute atomic E-state index is 0.422. The van der Waals surface area contributed by atoms with Crippen molar-refractivity contribution in [1.29, 1.82) is 0 Å². The maximum atomic E-state index is 12.4. The quantitative estimate of drug-likeness (QED) is 0.309. The molecule has 2 aromatic rings. The van der Waals surface area contributed by atoms with Gasteiger partial charge in [0, 0.05) is 5.56 Å². The monoisotopic (exact) mass is 454 g/mol. The second-order valence-corrected chi connectivity index (χ2v) is 9.61. The molecule has 0 saturated heterocycles. The second-order valence-electron chi connectivity index (χ2n) is 9.61. The summed E-state index contributed by atoms with van der Waals surface area (Å²) < 4.78 is 6.13. The molecular weight excluding hydrogens is 416 g/mol. The van der Waals surface area contributed by atoms with Crippen molar-refractivity contribution in [1.82, 2.24) is 0 Å². The number of benzene rings is 2. The van der Waals surface area contributed by atoms with Crippen molar-refractivity contribution in [3.63, 3.8) is 0 Å². The average molecular weight is 455 g/mol. The van der Waals surface area contributed by atoms with E-state index in [1.807, 2.05) is 30.3 Å². The van der Waals surface area contributed by atoms with Gasteiger partial charge >= 0.3 is 11.9 Å². The lowest BCUT2D eigenvalue weighted by molar-refractivity contribution is -0.140. The number of rotatable bonds is 14. The summed E-state index contributed by atoms with van der Waals surface area (Å²) in [6, 6.07) is 14.5. The third-order valence-electron chi connectivity index (χ3n) is 5.94. The van der Waals surface area contributed by atoms with Crippen LogP contribution in [0.25, 0.3) is 0 Å². The van der Waals surface area contributed by atoms with Crippen molar-refractivity contribution in [3.8, 4) is 11.5 Å². The number of hydrogen-bond acceptors (Lipinski definition) is 3. The molecule has 0 saturated carbocycles. The van der Waals surface area contributed by atoms with Crippen LogP contribution in [0, 0.1) is 11.8 Å². The summed E-state index contributed by atoms with van der Waals surface area (Å²) in [5.74, 6) is -1.51. The van der Waals surface area contributed by atoms with Gasteiger partial charge in [-0.05, 0) is 48.4 Å². The number of carboxylic acid groups (broad SMARTS) is 2. The van der Waals surface area contributed by atoms with Gasteiger partial charge in [-0.1, -0.05) is 83.7 Å². The molecule has 2 aromatic carbocycles. The summed E-state index contributed by atoms with van der Waals surface area (Å²) in [6.45, 7) is 8.46. The maximum absolute atomic E-state index is 12.4. The van der Waals surface area contributed by atoms with Crippen molar-refractivity contribution in [2.45, 2.75) is 78.1 Å². The van der Waals surface area contributed by atoms with Gasteiger partial charge in [0.15, 0.2) is 0 Å². The Balaban J connectivity index is 2.53. The number of hydrogen-bond donors (Lipinski definition) is 2. The average Bonchev–Trinajstić information content (AvgIpc) is 2.74. The zero-order chi connectivity index (χ0) is 24.4. The normalized spacial score (nSPS) is 13.2. The highest BCUT2D eigenvalue weighted by molar-refractivity contribution is 5.82. The first-order valence-electron chi connectivity index (χ1n) is 12.0. The predicted octanol–water partition coefficient (Wildman–Crippen LogP) is 7.47. The van der Waals surface area contributed by atoms with Gasteiger partial charge < -0.3 is 14.9 Å². The van der Waals surface area contributed by atoms with Crippen LogP contribution in [0.4, 0.5) is 0 Å². The minimum Gasteiger partial charge on any atom is -0.481 e. The van der Waals surface area contributed by atoms with E-state index >= 15 is 0 Å². The molecule has 5 nitrogen and oxygen atoms in total. The summed E-state index contributed by atoms with van der Waals surface area (Å²) in [7, 11) is 0. The lowest BCUT2D eigenvalue weighted by Crippen LogP contribution is -2.20. The van der Waals surface area contributed by atoms with Gasteiger partial charge in [-0.15, -0.1) is 0 Å². The van der Waals surface area contributed by atoms with Crippen LogP contribution in [0.3, 0.4) is 0 Å². The van der Waals surface area contributed by atoms with Crippen LogP contribution in [-0.4, -0.2) is 22.2 Å². The third-order valence-corrected chi connectivity index (χ3v) is 5.94. The number of aliphatic carboxylic acids is 2. The molecule has 0 spiro atoms. The molecule has 0 heterocycles. The molecular formula is C28H38O5. The summed E-state index contributed by atoms with van der Waals surface area (Å²) in [6.07, 6.45) is 4.26. The second kappa shape index (κ2) is 13.0. The lowest BCUT2D eigenvalue weighted by Gasteiger charge is -2.24. The smallest absolute Gasteiger partial charge is 0.311 e. The van der Waals surface area contributed by atoms with E-state index in [1.54, 1.807) is 18.2 Å². The molecule has 0 bridgehead atoms. The van der Waals surface area contributed by atoms with E-state index in [9.17, 15) is 19.8 Å². The molecule has 5 heteroatoms. The molecule has 0 radical (unpaired) electrons. The molecule has 0 aliphatic carbocycles. The topological polar surface area (TPSA) is 83.8 Å². The number of ether oxygens (including phenoxy) is 1. The zero-order valence-electron chi connectivity index (χ0n) is 20.3. The highest BCUT2D eigenvalue weighted by Crippen LogP contribution is 2.40. The molecule has 2 N–H and O–H groups in total. The standard InChI is InChI=1S/C28H38O5/c1-19(2)11-8-16-23(27(29)30)22-15-10-18-25(33-21-13-6-5-7-14-21)26(22)24(28(31)32)17-9-12-20(3)4/h5-7,10,13-15,18-20,23-24H,8-9,11-12,16-17H2,1-4H3,(H,29,30)(H,31,32). The molecule has 0 fully saturated rings. The van der Waals surface area contributed by atoms with Crippen molar-refractivity contribution in [3.05, 3.63) is 59.7 Å². The molecule has 2 atom stereocenters. The first-order chi connectivity index (χ1) is 15.7. The van der Waals surface area contributed by atoms with Crippen LogP contribution in [0.1, 0.15) is 89.2 Å². The van der Waals surface area contributed by atoms with Crippen molar-refractivity contribution < 1.29 is 24.5 Å². The van der Waals surface area contributed by atoms with Gasteiger partial charge in [-0.2, -0.15) is 0 Å². The summed E-state index contributed by atoms with van der Waals surface area (Å²) >= 11 is 0. The van der Waals surface area contributed by atoms with Crippen LogP contribution in [0.5, 0.6) is 11.5 Å². The lowest BCUT2D eigenvalue weighted by atomic mass is 9.81. The Morgan fingerprint density at radius 3 is 1.79 bits per heavy atom. The van der Waals surface area contributed by atoms with Crippen LogP contribution >= 0.6 is 0 Å². The van der Waals surface area contributed by atoms with E-state index in [2.05, 4.69) is 27.7 Å².